The van der Waals surface area contributed by atoms with Crippen molar-refractivity contribution in [3.05, 3.63) is 90.7 Å². The topological polar surface area (TPSA) is 69.9 Å². The molecule has 1 aliphatic carbocycles. The Morgan fingerprint density at radius 2 is 1.74 bits per heavy atom. The Morgan fingerprint density at radius 3 is 2.28 bits per heavy atom. The summed E-state index contributed by atoms with van der Waals surface area (Å²) in [5.74, 6) is 2.03. The van der Waals surface area contributed by atoms with Crippen molar-refractivity contribution in [2.75, 3.05) is 25.5 Å². The van der Waals surface area contributed by atoms with Crippen molar-refractivity contribution >= 4 is 29.2 Å². The summed E-state index contributed by atoms with van der Waals surface area (Å²) in [4.78, 5) is 14.9. The maximum Gasteiger partial charge on any atom is 0.139 e. The fourth-order valence-electron chi connectivity index (χ4n) is 5.12. The van der Waals surface area contributed by atoms with E-state index in [0.717, 1.165) is 54.9 Å². The molecule has 3 aromatic rings. The summed E-state index contributed by atoms with van der Waals surface area (Å²) >= 11 is 0. The summed E-state index contributed by atoms with van der Waals surface area (Å²) in [5, 5.41) is 13.8. The molecule has 1 saturated heterocycles. The van der Waals surface area contributed by atoms with Crippen LogP contribution in [0.3, 0.4) is 0 Å². The fraction of sp³-hybridized carbons (Fsp3) is 0.444. The first-order valence-corrected chi connectivity index (χ1v) is 15.3. The number of allylic oxidation sites excluding steroid dienone is 2. The van der Waals surface area contributed by atoms with Crippen LogP contribution in [-0.4, -0.2) is 52.9 Å². The van der Waals surface area contributed by atoms with Crippen LogP contribution < -0.4 is 5.32 Å². The Hall–Kier alpha value is -3.55. The van der Waals surface area contributed by atoms with Gasteiger partial charge in [0, 0.05) is 30.4 Å². The third kappa shape index (κ3) is 11.9. The summed E-state index contributed by atoms with van der Waals surface area (Å²) in [6, 6.07) is 14.6. The van der Waals surface area contributed by atoms with Crippen molar-refractivity contribution in [3.63, 3.8) is 0 Å². The van der Waals surface area contributed by atoms with E-state index in [4.69, 9.17) is 4.79 Å². The van der Waals surface area contributed by atoms with Crippen LogP contribution in [0, 0.1) is 18.7 Å². The quantitative estimate of drug-likeness (QED) is 0.231. The molecule has 0 unspecified atom stereocenters. The Morgan fingerprint density at radius 1 is 1.12 bits per heavy atom. The highest BCUT2D eigenvalue weighted by molar-refractivity contribution is 6.02. The first-order valence-electron chi connectivity index (χ1n) is 15.3. The van der Waals surface area contributed by atoms with Crippen LogP contribution in [-0.2, 0) is 4.79 Å². The number of aromatic nitrogens is 1. The number of benzene rings is 2. The van der Waals surface area contributed by atoms with Gasteiger partial charge in [-0.3, -0.25) is 0 Å². The van der Waals surface area contributed by atoms with E-state index < -0.39 is 0 Å². The predicted molar refractivity (Wildman–Crippen MR) is 180 cm³/mol. The van der Waals surface area contributed by atoms with Gasteiger partial charge in [-0.25, -0.2) is 9.38 Å². The molecule has 7 heteroatoms. The van der Waals surface area contributed by atoms with E-state index in [1.165, 1.54) is 43.4 Å². The van der Waals surface area contributed by atoms with Crippen LogP contribution in [0.1, 0.15) is 71.3 Å². The van der Waals surface area contributed by atoms with Gasteiger partial charge < -0.3 is 24.7 Å². The lowest BCUT2D eigenvalue weighted by Gasteiger charge is -2.35. The monoisotopic (exact) mass is 590 g/mol. The number of piperidine rings is 1. The van der Waals surface area contributed by atoms with Crippen molar-refractivity contribution in [2.45, 2.75) is 78.2 Å². The molecule has 1 aromatic heterocycles. The third-order valence-corrected chi connectivity index (χ3v) is 8.02. The fourth-order valence-corrected chi connectivity index (χ4v) is 5.12. The maximum absolute atomic E-state index is 13.4. The summed E-state index contributed by atoms with van der Waals surface area (Å²) in [6.45, 7) is 16.5. The predicted octanol–water partition coefficient (Wildman–Crippen LogP) is 8.36. The second-order valence-corrected chi connectivity index (χ2v) is 11.6. The number of carbonyl (C=O) groups is 1. The highest BCUT2D eigenvalue weighted by Crippen LogP contribution is 2.24. The second kappa shape index (κ2) is 18.2. The molecule has 1 aliphatic heterocycles. The number of anilines is 1. The lowest BCUT2D eigenvalue weighted by atomic mass is 9.89. The lowest BCUT2D eigenvalue weighted by molar-refractivity contribution is -0.0980. The van der Waals surface area contributed by atoms with Gasteiger partial charge in [-0.15, -0.1) is 0 Å². The molecule has 0 spiro atoms. The van der Waals surface area contributed by atoms with Crippen LogP contribution in [0.4, 0.5) is 10.1 Å². The van der Waals surface area contributed by atoms with Gasteiger partial charge in [-0.05, 0) is 88.5 Å². The van der Waals surface area contributed by atoms with Gasteiger partial charge in [-0.2, -0.15) is 0 Å². The Labute approximate surface area is 258 Å². The first kappa shape index (κ1) is 35.6. The molecule has 0 amide bonds. The van der Waals surface area contributed by atoms with E-state index >= 15 is 0 Å². The average Bonchev–Trinajstić information content (AvgIpc) is 3.66. The molecule has 43 heavy (non-hydrogen) atoms. The lowest BCUT2D eigenvalue weighted by Crippen LogP contribution is -2.42. The van der Waals surface area contributed by atoms with Crippen LogP contribution in [0.2, 0.25) is 0 Å². The number of halogens is 1. The molecule has 0 bridgehead atoms. The molecule has 2 heterocycles. The molecular weight excluding hydrogens is 539 g/mol. The summed E-state index contributed by atoms with van der Waals surface area (Å²) in [5.41, 5.74) is 2.67. The van der Waals surface area contributed by atoms with Crippen molar-refractivity contribution < 1.29 is 14.3 Å². The Balaban J connectivity index is 0.000000292. The standard InChI is InChI=1S/C21H20FN3.C8H17NO.C6H12.CH2O/c1-4-5-21(24-16(3)23-19-9-6-15(2)7-10-19)25-13-12-17-14-18(22)8-11-20(17)25;1-3-8(10)4-6-9(2)7-5-8;1-6-4-2-3-5-6;1-2/h4-14,23H,3H2,1-2H3;10H,3-7H2,1-2H3;6H,2-5H2,1H3;1H2/b5-4-,24-21+;;;. The van der Waals surface area contributed by atoms with Gasteiger partial charge in [0.05, 0.1) is 11.1 Å². The number of carbonyl (C=O) groups excluding carboxylic acids is 1. The minimum Gasteiger partial charge on any atom is -0.390 e. The van der Waals surface area contributed by atoms with Crippen molar-refractivity contribution in [1.82, 2.24) is 9.47 Å². The van der Waals surface area contributed by atoms with E-state index in [-0.39, 0.29) is 11.4 Å². The van der Waals surface area contributed by atoms with Crippen LogP contribution in [0.25, 0.3) is 10.9 Å². The zero-order chi connectivity index (χ0) is 31.8. The number of likely N-dealkylation sites (tertiary alicyclic amines) is 1. The van der Waals surface area contributed by atoms with Gasteiger partial charge >= 0.3 is 0 Å². The molecule has 2 aliphatic rings. The van der Waals surface area contributed by atoms with Gasteiger partial charge in [0.1, 0.15) is 24.3 Å². The van der Waals surface area contributed by atoms with Gasteiger partial charge in [-0.1, -0.05) is 69.9 Å². The number of fused-ring (bicyclic) bond motifs is 1. The second-order valence-electron chi connectivity index (χ2n) is 11.6. The van der Waals surface area contributed by atoms with Gasteiger partial charge in [0.15, 0.2) is 0 Å². The van der Waals surface area contributed by atoms with Crippen molar-refractivity contribution in [3.8, 4) is 0 Å². The minimum absolute atomic E-state index is 0.250. The number of hydrogen-bond acceptors (Lipinski definition) is 5. The molecule has 234 valence electrons. The van der Waals surface area contributed by atoms with Crippen molar-refractivity contribution in [1.29, 1.82) is 0 Å². The smallest absolute Gasteiger partial charge is 0.139 e. The Bertz CT molecular complexity index is 1310. The summed E-state index contributed by atoms with van der Waals surface area (Å²) in [7, 11) is 2.11. The number of hydrogen-bond donors (Lipinski definition) is 2. The maximum atomic E-state index is 13.4. The third-order valence-electron chi connectivity index (χ3n) is 8.02. The number of nitrogens with one attached hydrogen (secondary N) is 1. The summed E-state index contributed by atoms with van der Waals surface area (Å²) in [6.07, 6.45) is 14.4. The number of nitrogens with zero attached hydrogens (tertiary/aromatic N) is 3. The molecule has 2 aromatic carbocycles. The normalized spacial score (nSPS) is 16.9. The van der Waals surface area contributed by atoms with Gasteiger partial charge in [0.2, 0.25) is 0 Å². The number of aliphatic hydroxyl groups is 1. The highest BCUT2D eigenvalue weighted by atomic mass is 19.1. The zero-order valence-corrected chi connectivity index (χ0v) is 26.8. The molecular formula is C36H51FN4O2. The summed E-state index contributed by atoms with van der Waals surface area (Å²) < 4.78 is 15.3. The minimum atomic E-state index is -0.341. The SMILES string of the molecule is C=C(/N=C(\C=C/C)n1ccc2cc(F)ccc21)Nc1ccc(C)cc1.C=O.CC1CCCC1.CCC1(O)CCN(C)CC1. The number of aliphatic imine (C=N–C) groups is 1. The first-order chi connectivity index (χ1) is 20.6. The van der Waals surface area contributed by atoms with Gasteiger partial charge in [0.25, 0.3) is 0 Å². The van der Waals surface area contributed by atoms with E-state index in [1.54, 1.807) is 6.07 Å². The molecule has 6 nitrogen and oxygen atoms in total. The Kier molecular flexibility index (Phi) is 15.1. The largest absolute Gasteiger partial charge is 0.390 e. The van der Waals surface area contributed by atoms with Crippen LogP contribution in [0.5, 0.6) is 0 Å². The average molecular weight is 591 g/mol. The molecule has 5 rings (SSSR count). The van der Waals surface area contributed by atoms with E-state index in [2.05, 4.69) is 42.7 Å². The molecule has 1 saturated carbocycles. The highest BCUT2D eigenvalue weighted by Gasteiger charge is 2.28. The van der Waals surface area contributed by atoms with E-state index in [0.29, 0.717) is 11.7 Å². The molecule has 0 radical (unpaired) electrons. The molecule has 0 atom stereocenters. The van der Waals surface area contributed by atoms with Crippen LogP contribution >= 0.6 is 0 Å². The molecule has 2 N–H and O–H groups in total. The van der Waals surface area contributed by atoms with E-state index in [9.17, 15) is 9.50 Å². The van der Waals surface area contributed by atoms with Crippen LogP contribution in [0.15, 0.2) is 84.3 Å². The van der Waals surface area contributed by atoms with Crippen molar-refractivity contribution in [2.24, 2.45) is 10.9 Å². The number of rotatable bonds is 5. The molecule has 2 fully saturated rings. The number of aryl methyl sites for hydroxylation is 1. The van der Waals surface area contributed by atoms with E-state index in [1.807, 2.05) is 73.9 Å². The zero-order valence-electron chi connectivity index (χ0n) is 26.8.